The summed E-state index contributed by atoms with van der Waals surface area (Å²) < 4.78 is 32.7. The van der Waals surface area contributed by atoms with Crippen molar-refractivity contribution in [2.75, 3.05) is 18.4 Å². The first kappa shape index (κ1) is 19.7. The maximum absolute atomic E-state index is 12.6. The van der Waals surface area contributed by atoms with Gasteiger partial charge in [-0.15, -0.1) is 0 Å². The van der Waals surface area contributed by atoms with Crippen LogP contribution in [-0.2, 0) is 10.0 Å². The first-order valence-electron chi connectivity index (χ1n) is 8.13. The van der Waals surface area contributed by atoms with Gasteiger partial charge in [-0.25, -0.2) is 8.42 Å². The number of rotatable bonds is 8. The zero-order valence-corrected chi connectivity index (χ0v) is 15.5. The van der Waals surface area contributed by atoms with Gasteiger partial charge in [0.1, 0.15) is 5.75 Å². The fraction of sp³-hybridized carbons (Fsp3) is 0.278. The van der Waals surface area contributed by atoms with E-state index in [9.17, 15) is 13.2 Å². The fourth-order valence-electron chi connectivity index (χ4n) is 2.24. The van der Waals surface area contributed by atoms with Crippen molar-refractivity contribution in [1.29, 1.82) is 0 Å². The highest BCUT2D eigenvalue weighted by Gasteiger charge is 2.18. The van der Waals surface area contributed by atoms with Crippen LogP contribution in [0.15, 0.2) is 53.4 Å². The Morgan fingerprint density at radius 3 is 2.42 bits per heavy atom. The van der Waals surface area contributed by atoms with Crippen molar-refractivity contribution < 1.29 is 17.9 Å². The normalized spacial score (nSPS) is 12.3. The van der Waals surface area contributed by atoms with Crippen LogP contribution in [0.5, 0.6) is 5.75 Å². The molecular formula is C18H23N3O4S. The number of nitrogens with one attached hydrogen (secondary N) is 2. The van der Waals surface area contributed by atoms with Gasteiger partial charge < -0.3 is 15.8 Å². The first-order valence-corrected chi connectivity index (χ1v) is 9.61. The van der Waals surface area contributed by atoms with Crippen molar-refractivity contribution in [2.45, 2.75) is 24.3 Å². The largest absolute Gasteiger partial charge is 0.497 e. The Bertz CT molecular complexity index is 849. The van der Waals surface area contributed by atoms with E-state index in [0.29, 0.717) is 18.7 Å². The van der Waals surface area contributed by atoms with Crippen LogP contribution in [0, 0.1) is 0 Å². The molecule has 4 N–H and O–H groups in total. The smallest absolute Gasteiger partial charge is 0.261 e. The van der Waals surface area contributed by atoms with Gasteiger partial charge >= 0.3 is 0 Å². The second-order valence-corrected chi connectivity index (χ2v) is 7.53. The number of methoxy groups -OCH3 is 1. The van der Waals surface area contributed by atoms with Crippen molar-refractivity contribution in [1.82, 2.24) is 5.32 Å². The summed E-state index contributed by atoms with van der Waals surface area (Å²) in [6, 6.07) is 12.4. The molecular weight excluding hydrogens is 354 g/mol. The third-order valence-corrected chi connectivity index (χ3v) is 5.05. The molecule has 1 atom stereocenters. The Morgan fingerprint density at radius 1 is 1.15 bits per heavy atom. The van der Waals surface area contributed by atoms with Crippen LogP contribution < -0.4 is 20.5 Å². The summed E-state index contributed by atoms with van der Waals surface area (Å²) >= 11 is 0. The van der Waals surface area contributed by atoms with E-state index in [2.05, 4.69) is 10.0 Å². The lowest BCUT2D eigenvalue weighted by molar-refractivity contribution is 0.0953. The van der Waals surface area contributed by atoms with Crippen LogP contribution in [-0.4, -0.2) is 34.0 Å². The average Bonchev–Trinajstić information content (AvgIpc) is 2.61. The zero-order chi connectivity index (χ0) is 19.2. The summed E-state index contributed by atoms with van der Waals surface area (Å²) in [7, 11) is -2.33. The van der Waals surface area contributed by atoms with Crippen LogP contribution in [0.2, 0.25) is 0 Å². The van der Waals surface area contributed by atoms with E-state index in [0.717, 1.165) is 0 Å². The molecule has 2 aromatic carbocycles. The number of ether oxygens (including phenoxy) is 1. The van der Waals surface area contributed by atoms with Gasteiger partial charge in [-0.1, -0.05) is 12.1 Å². The third kappa shape index (κ3) is 5.21. The number of carbonyl (C=O) groups is 1. The molecule has 7 nitrogen and oxygen atoms in total. The van der Waals surface area contributed by atoms with Gasteiger partial charge in [-0.05, 0) is 49.7 Å². The summed E-state index contributed by atoms with van der Waals surface area (Å²) in [5.41, 5.74) is 6.12. The maximum Gasteiger partial charge on any atom is 0.261 e. The van der Waals surface area contributed by atoms with Crippen molar-refractivity contribution >= 4 is 21.6 Å². The summed E-state index contributed by atoms with van der Waals surface area (Å²) in [4.78, 5) is 12.4. The SMILES string of the molecule is COc1ccc(S(=O)(=O)Nc2ccccc2C(=O)NCCC(C)N)cc1. The molecule has 0 saturated carbocycles. The van der Waals surface area contributed by atoms with Crippen LogP contribution in [0.3, 0.4) is 0 Å². The van der Waals surface area contributed by atoms with Gasteiger partial charge in [0, 0.05) is 12.6 Å². The minimum Gasteiger partial charge on any atom is -0.497 e. The van der Waals surface area contributed by atoms with Gasteiger partial charge in [0.2, 0.25) is 0 Å². The molecule has 1 amide bonds. The van der Waals surface area contributed by atoms with E-state index in [-0.39, 0.29) is 28.1 Å². The lowest BCUT2D eigenvalue weighted by Gasteiger charge is -2.13. The van der Waals surface area contributed by atoms with Crippen LogP contribution in [0.1, 0.15) is 23.7 Å². The highest BCUT2D eigenvalue weighted by molar-refractivity contribution is 7.92. The van der Waals surface area contributed by atoms with E-state index in [1.165, 1.54) is 19.2 Å². The lowest BCUT2D eigenvalue weighted by atomic mass is 10.1. The molecule has 2 rings (SSSR count). The molecule has 0 saturated heterocycles. The van der Waals surface area contributed by atoms with E-state index in [1.54, 1.807) is 36.4 Å². The summed E-state index contributed by atoms with van der Waals surface area (Å²) in [5.74, 6) is 0.191. The quantitative estimate of drug-likeness (QED) is 0.651. The zero-order valence-electron chi connectivity index (χ0n) is 14.7. The summed E-state index contributed by atoms with van der Waals surface area (Å²) in [6.45, 7) is 2.26. The van der Waals surface area contributed by atoms with E-state index in [1.807, 2.05) is 6.92 Å². The molecule has 8 heteroatoms. The van der Waals surface area contributed by atoms with Crippen LogP contribution in [0.25, 0.3) is 0 Å². The minimum atomic E-state index is -3.83. The second kappa shape index (κ2) is 8.68. The second-order valence-electron chi connectivity index (χ2n) is 5.85. The number of para-hydroxylation sites is 1. The Morgan fingerprint density at radius 2 is 1.81 bits per heavy atom. The standard InChI is InChI=1S/C18H23N3O4S/c1-13(19)11-12-20-18(22)16-5-3-4-6-17(16)21-26(23,24)15-9-7-14(25-2)8-10-15/h3-10,13,21H,11-12,19H2,1-2H3,(H,20,22). The fourth-order valence-corrected chi connectivity index (χ4v) is 3.32. The molecule has 0 aliphatic carbocycles. The van der Waals surface area contributed by atoms with Gasteiger partial charge in [-0.2, -0.15) is 0 Å². The molecule has 0 aliphatic rings. The number of sulfonamides is 1. The molecule has 0 aromatic heterocycles. The predicted molar refractivity (Wildman–Crippen MR) is 101 cm³/mol. The number of carbonyl (C=O) groups excluding carboxylic acids is 1. The molecule has 0 radical (unpaired) electrons. The summed E-state index contributed by atoms with van der Waals surface area (Å²) in [6.07, 6.45) is 0.630. The number of hydrogen-bond donors (Lipinski definition) is 3. The van der Waals surface area contributed by atoms with Gasteiger partial charge in [0.05, 0.1) is 23.3 Å². The molecule has 26 heavy (non-hydrogen) atoms. The monoisotopic (exact) mass is 377 g/mol. The Kier molecular flexibility index (Phi) is 6.59. The average molecular weight is 377 g/mol. The van der Waals surface area contributed by atoms with Gasteiger partial charge in [0.25, 0.3) is 15.9 Å². The highest BCUT2D eigenvalue weighted by Crippen LogP contribution is 2.21. The third-order valence-electron chi connectivity index (χ3n) is 3.67. The maximum atomic E-state index is 12.6. The minimum absolute atomic E-state index is 0.0286. The molecule has 0 bridgehead atoms. The molecule has 140 valence electrons. The number of nitrogens with two attached hydrogens (primary N) is 1. The van der Waals surface area contributed by atoms with Crippen LogP contribution >= 0.6 is 0 Å². The number of benzene rings is 2. The summed E-state index contributed by atoms with van der Waals surface area (Å²) in [5, 5.41) is 2.74. The lowest BCUT2D eigenvalue weighted by Crippen LogP contribution is -2.29. The van der Waals surface area contributed by atoms with E-state index >= 15 is 0 Å². The Balaban J connectivity index is 2.19. The Hall–Kier alpha value is -2.58. The number of anilines is 1. The topological polar surface area (TPSA) is 111 Å². The highest BCUT2D eigenvalue weighted by atomic mass is 32.2. The van der Waals surface area contributed by atoms with E-state index in [4.69, 9.17) is 10.5 Å². The van der Waals surface area contributed by atoms with Gasteiger partial charge in [0.15, 0.2) is 0 Å². The van der Waals surface area contributed by atoms with Crippen LogP contribution in [0.4, 0.5) is 5.69 Å². The van der Waals surface area contributed by atoms with Gasteiger partial charge in [-0.3, -0.25) is 9.52 Å². The van der Waals surface area contributed by atoms with Crippen molar-refractivity contribution in [2.24, 2.45) is 5.73 Å². The Labute approximate surface area is 153 Å². The molecule has 0 heterocycles. The molecule has 0 aliphatic heterocycles. The van der Waals surface area contributed by atoms with Crippen molar-refractivity contribution in [3.05, 3.63) is 54.1 Å². The number of hydrogen-bond acceptors (Lipinski definition) is 5. The molecule has 0 spiro atoms. The molecule has 1 unspecified atom stereocenters. The first-order chi connectivity index (χ1) is 12.3. The predicted octanol–water partition coefficient (Wildman–Crippen LogP) is 1.96. The van der Waals surface area contributed by atoms with Crippen molar-refractivity contribution in [3.63, 3.8) is 0 Å². The molecule has 0 fully saturated rings. The van der Waals surface area contributed by atoms with Crippen molar-refractivity contribution in [3.8, 4) is 5.75 Å². The number of amides is 1. The van der Waals surface area contributed by atoms with E-state index < -0.39 is 10.0 Å². The molecule has 2 aromatic rings.